The Morgan fingerprint density at radius 3 is 2.91 bits per heavy atom. The second-order valence-corrected chi connectivity index (χ2v) is 5.47. The first kappa shape index (κ1) is 14.5. The minimum atomic E-state index is -0.310. The summed E-state index contributed by atoms with van der Waals surface area (Å²) in [5, 5.41) is 12.1. The maximum Gasteiger partial charge on any atom is 0.339 e. The van der Waals surface area contributed by atoms with Crippen LogP contribution in [-0.4, -0.2) is 39.8 Å². The van der Waals surface area contributed by atoms with Gasteiger partial charge in [-0.25, -0.2) is 4.79 Å². The predicted octanol–water partition coefficient (Wildman–Crippen LogP) is 1.26. The SMILES string of the molecule is COC(=O)c1ccc(C)c2c1N(Cc1nnn(C)n1)CCC2. The molecule has 0 saturated carbocycles. The molecule has 0 atom stereocenters. The quantitative estimate of drug-likeness (QED) is 0.795. The second-order valence-electron chi connectivity index (χ2n) is 5.47. The Kier molecular flexibility index (Phi) is 3.79. The molecule has 2 aromatic rings. The van der Waals surface area contributed by atoms with E-state index in [4.69, 9.17) is 4.74 Å². The molecule has 0 radical (unpaired) electrons. The lowest BCUT2D eigenvalue weighted by molar-refractivity contribution is 0.0601. The van der Waals surface area contributed by atoms with Crippen molar-refractivity contribution in [3.8, 4) is 0 Å². The summed E-state index contributed by atoms with van der Waals surface area (Å²) >= 11 is 0. The molecule has 7 heteroatoms. The third-order valence-electron chi connectivity index (χ3n) is 3.98. The minimum absolute atomic E-state index is 0.310. The number of fused-ring (bicyclic) bond motifs is 1. The van der Waals surface area contributed by atoms with E-state index in [-0.39, 0.29) is 5.97 Å². The summed E-state index contributed by atoms with van der Waals surface area (Å²) in [5.41, 5.74) is 3.95. The summed E-state index contributed by atoms with van der Waals surface area (Å²) in [5.74, 6) is 0.336. The highest BCUT2D eigenvalue weighted by Gasteiger charge is 2.26. The number of ether oxygens (including phenoxy) is 1. The molecule has 1 aliphatic heterocycles. The van der Waals surface area contributed by atoms with Gasteiger partial charge in [-0.05, 0) is 42.2 Å². The van der Waals surface area contributed by atoms with Crippen LogP contribution < -0.4 is 4.90 Å². The fraction of sp³-hybridized carbons (Fsp3) is 0.467. The molecule has 3 rings (SSSR count). The van der Waals surface area contributed by atoms with Gasteiger partial charge in [0.1, 0.15) is 0 Å². The van der Waals surface area contributed by atoms with E-state index in [0.717, 1.165) is 25.1 Å². The molecular weight excluding hydrogens is 282 g/mol. The van der Waals surface area contributed by atoms with Crippen molar-refractivity contribution in [2.75, 3.05) is 18.6 Å². The van der Waals surface area contributed by atoms with Crippen molar-refractivity contribution in [3.63, 3.8) is 0 Å². The van der Waals surface area contributed by atoms with Crippen molar-refractivity contribution in [3.05, 3.63) is 34.6 Å². The highest BCUT2D eigenvalue weighted by Crippen LogP contribution is 2.34. The molecule has 7 nitrogen and oxygen atoms in total. The monoisotopic (exact) mass is 301 g/mol. The van der Waals surface area contributed by atoms with Gasteiger partial charge in [0.05, 0.1) is 32.0 Å². The van der Waals surface area contributed by atoms with E-state index >= 15 is 0 Å². The molecule has 0 unspecified atom stereocenters. The second kappa shape index (κ2) is 5.75. The Bertz CT molecular complexity index is 710. The number of aryl methyl sites for hydroxylation is 2. The number of hydrogen-bond acceptors (Lipinski definition) is 6. The highest BCUT2D eigenvalue weighted by atomic mass is 16.5. The van der Waals surface area contributed by atoms with Crippen LogP contribution in [0.1, 0.15) is 33.7 Å². The van der Waals surface area contributed by atoms with Crippen LogP contribution in [0.5, 0.6) is 0 Å². The van der Waals surface area contributed by atoms with E-state index in [1.54, 1.807) is 7.05 Å². The molecule has 0 saturated heterocycles. The first-order chi connectivity index (χ1) is 10.6. The summed E-state index contributed by atoms with van der Waals surface area (Å²) < 4.78 is 4.93. The normalized spacial score (nSPS) is 13.9. The van der Waals surface area contributed by atoms with Gasteiger partial charge in [-0.2, -0.15) is 4.80 Å². The number of hydrogen-bond donors (Lipinski definition) is 0. The molecule has 1 aromatic carbocycles. The van der Waals surface area contributed by atoms with Crippen molar-refractivity contribution in [1.29, 1.82) is 0 Å². The van der Waals surface area contributed by atoms with Crippen molar-refractivity contribution in [1.82, 2.24) is 20.2 Å². The lowest BCUT2D eigenvalue weighted by atomic mass is 9.93. The van der Waals surface area contributed by atoms with Gasteiger partial charge in [-0.15, -0.1) is 10.2 Å². The third-order valence-corrected chi connectivity index (χ3v) is 3.98. The van der Waals surface area contributed by atoms with Crippen molar-refractivity contribution >= 4 is 11.7 Å². The first-order valence-corrected chi connectivity index (χ1v) is 7.28. The number of aromatic nitrogens is 4. The van der Waals surface area contributed by atoms with Gasteiger partial charge in [-0.3, -0.25) is 0 Å². The Morgan fingerprint density at radius 1 is 1.41 bits per heavy atom. The molecule has 0 spiro atoms. The van der Waals surface area contributed by atoms with E-state index in [1.165, 1.54) is 23.0 Å². The van der Waals surface area contributed by atoms with Crippen LogP contribution in [-0.2, 0) is 24.8 Å². The number of benzene rings is 1. The Labute approximate surface area is 128 Å². The summed E-state index contributed by atoms with van der Waals surface area (Å²) in [6, 6.07) is 3.82. The number of rotatable bonds is 3. The average Bonchev–Trinajstić information content (AvgIpc) is 2.93. The van der Waals surface area contributed by atoms with Gasteiger partial charge in [-0.1, -0.05) is 6.07 Å². The van der Waals surface area contributed by atoms with E-state index in [2.05, 4.69) is 27.2 Å². The van der Waals surface area contributed by atoms with Crippen molar-refractivity contribution < 1.29 is 9.53 Å². The molecule has 1 aliphatic rings. The Balaban J connectivity index is 2.03. The van der Waals surface area contributed by atoms with E-state index in [9.17, 15) is 4.79 Å². The summed E-state index contributed by atoms with van der Waals surface area (Å²) in [6.07, 6.45) is 2.01. The molecule has 0 N–H and O–H groups in total. The molecule has 116 valence electrons. The van der Waals surface area contributed by atoms with Gasteiger partial charge in [0, 0.05) is 6.54 Å². The van der Waals surface area contributed by atoms with Gasteiger partial charge in [0.25, 0.3) is 0 Å². The molecule has 2 heterocycles. The molecule has 0 amide bonds. The van der Waals surface area contributed by atoms with Crippen LogP contribution in [0.2, 0.25) is 0 Å². The predicted molar refractivity (Wildman–Crippen MR) is 80.7 cm³/mol. The smallest absolute Gasteiger partial charge is 0.339 e. The maximum absolute atomic E-state index is 12.1. The van der Waals surface area contributed by atoms with Crippen LogP contribution in [0.4, 0.5) is 5.69 Å². The molecule has 22 heavy (non-hydrogen) atoms. The zero-order valence-electron chi connectivity index (χ0n) is 13.0. The average molecular weight is 301 g/mol. The van der Waals surface area contributed by atoms with E-state index in [0.29, 0.717) is 17.9 Å². The number of carbonyl (C=O) groups excluding carboxylic acids is 1. The third kappa shape index (κ3) is 2.54. The number of nitrogens with zero attached hydrogens (tertiary/aromatic N) is 5. The zero-order chi connectivity index (χ0) is 15.7. The number of tetrazole rings is 1. The molecule has 0 aliphatic carbocycles. The lowest BCUT2D eigenvalue weighted by Gasteiger charge is -2.32. The topological polar surface area (TPSA) is 73.1 Å². The largest absolute Gasteiger partial charge is 0.465 e. The Hall–Kier alpha value is -2.44. The van der Waals surface area contributed by atoms with E-state index in [1.807, 2.05) is 12.1 Å². The molecule has 1 aromatic heterocycles. The summed E-state index contributed by atoms with van der Waals surface area (Å²) in [4.78, 5) is 15.7. The van der Waals surface area contributed by atoms with Gasteiger partial charge >= 0.3 is 5.97 Å². The maximum atomic E-state index is 12.1. The van der Waals surface area contributed by atoms with Crippen molar-refractivity contribution in [2.45, 2.75) is 26.3 Å². The molecule has 0 bridgehead atoms. The van der Waals surface area contributed by atoms with Crippen LogP contribution in [0, 0.1) is 6.92 Å². The molecule has 0 fully saturated rings. The number of carbonyl (C=O) groups is 1. The molecular formula is C15H19N5O2. The van der Waals surface area contributed by atoms with Gasteiger partial charge in [0.15, 0.2) is 5.82 Å². The van der Waals surface area contributed by atoms with Crippen LogP contribution in [0.3, 0.4) is 0 Å². The van der Waals surface area contributed by atoms with Crippen LogP contribution in [0.25, 0.3) is 0 Å². The van der Waals surface area contributed by atoms with Crippen molar-refractivity contribution in [2.24, 2.45) is 7.05 Å². The minimum Gasteiger partial charge on any atom is -0.465 e. The fourth-order valence-corrected chi connectivity index (χ4v) is 2.96. The van der Waals surface area contributed by atoms with Crippen LogP contribution >= 0.6 is 0 Å². The summed E-state index contributed by atoms with van der Waals surface area (Å²) in [7, 11) is 3.15. The Morgan fingerprint density at radius 2 is 2.23 bits per heavy atom. The standard InChI is InChI=1S/C15H19N5O2/c1-10-6-7-12(15(21)22-3)14-11(10)5-4-8-20(14)9-13-16-18-19(2)17-13/h6-7H,4-5,8-9H2,1-3H3. The zero-order valence-corrected chi connectivity index (χ0v) is 13.0. The van der Waals surface area contributed by atoms with Gasteiger partial charge in [0.2, 0.25) is 0 Å². The number of esters is 1. The fourth-order valence-electron chi connectivity index (χ4n) is 2.96. The first-order valence-electron chi connectivity index (χ1n) is 7.28. The summed E-state index contributed by atoms with van der Waals surface area (Å²) in [6.45, 7) is 3.47. The van der Waals surface area contributed by atoms with E-state index < -0.39 is 0 Å². The number of anilines is 1. The lowest BCUT2D eigenvalue weighted by Crippen LogP contribution is -2.31. The van der Waals surface area contributed by atoms with Crippen LogP contribution in [0.15, 0.2) is 12.1 Å². The number of methoxy groups -OCH3 is 1. The highest BCUT2D eigenvalue weighted by molar-refractivity contribution is 5.97. The van der Waals surface area contributed by atoms with Gasteiger partial charge < -0.3 is 9.64 Å².